The molecule has 0 fully saturated rings. The number of rotatable bonds is 3. The van der Waals surface area contributed by atoms with Crippen LogP contribution in [0, 0.1) is 7.14 Å². The van der Waals surface area contributed by atoms with Crippen LogP contribution >= 0.6 is 19.8 Å². The van der Waals surface area contributed by atoms with Crippen molar-refractivity contribution in [2.75, 3.05) is 0 Å². The summed E-state index contributed by atoms with van der Waals surface area (Å²) in [4.78, 5) is 0. The summed E-state index contributed by atoms with van der Waals surface area (Å²) in [7, 11) is 0. The zero-order valence-corrected chi connectivity index (χ0v) is 41.8. The molecule has 0 bridgehead atoms. The molecule has 1 aliphatic rings. The molecule has 0 amide bonds. The van der Waals surface area contributed by atoms with Crippen LogP contribution in [-0.4, -0.2) is 9.13 Å². The van der Waals surface area contributed by atoms with Crippen molar-refractivity contribution in [3.05, 3.63) is 174 Å². The van der Waals surface area contributed by atoms with E-state index in [1.165, 1.54) is 97.5 Å². The van der Waals surface area contributed by atoms with E-state index in [1.54, 1.807) is 3.57 Å². The number of alkyl halides is 1. The number of halogens is 1. The van der Waals surface area contributed by atoms with Gasteiger partial charge in [0.25, 0.3) is 0 Å². The van der Waals surface area contributed by atoms with E-state index in [1.807, 2.05) is 0 Å². The summed E-state index contributed by atoms with van der Waals surface area (Å²) >= 11 is -1.93. The van der Waals surface area contributed by atoms with Crippen LogP contribution in [0.1, 0.15) is 122 Å². The first-order valence-electron chi connectivity index (χ1n) is 22.9. The Morgan fingerprint density at radius 3 is 1.13 bits per heavy atom. The van der Waals surface area contributed by atoms with Crippen molar-refractivity contribution in [3.63, 3.8) is 0 Å². The minimum absolute atomic E-state index is 0.0476. The van der Waals surface area contributed by atoms with Crippen molar-refractivity contribution in [1.29, 1.82) is 0 Å². The topological polar surface area (TPSA) is 9.86 Å². The average molecular weight is 939 g/mol. The van der Waals surface area contributed by atoms with E-state index in [0.29, 0.717) is 3.92 Å². The third-order valence-corrected chi connectivity index (χ3v) is 20.5. The number of hydrogen-bond donors (Lipinski definition) is 0. The molecule has 2 aromatic heterocycles. The molecule has 1 aliphatic heterocycles. The first-order valence-corrected chi connectivity index (χ1v) is 26.3. The predicted molar refractivity (Wildman–Crippen MR) is 282 cm³/mol. The summed E-state index contributed by atoms with van der Waals surface area (Å²) in [6.45, 7) is 30.4. The van der Waals surface area contributed by atoms with Gasteiger partial charge in [0, 0.05) is 0 Å². The van der Waals surface area contributed by atoms with Crippen molar-refractivity contribution in [1.82, 2.24) is 9.13 Å². The van der Waals surface area contributed by atoms with Gasteiger partial charge < -0.3 is 0 Å². The van der Waals surface area contributed by atoms with Gasteiger partial charge >= 0.3 is 385 Å². The summed E-state index contributed by atoms with van der Waals surface area (Å²) < 4.78 is 8.59. The first kappa shape index (κ1) is 41.9. The second kappa shape index (κ2) is 14.4. The van der Waals surface area contributed by atoms with Gasteiger partial charge in [-0.15, -0.1) is 0 Å². The van der Waals surface area contributed by atoms with Gasteiger partial charge in [-0.25, -0.2) is 0 Å². The van der Waals surface area contributed by atoms with Crippen LogP contribution in [0.3, 0.4) is 0 Å². The molecule has 9 aromatic rings. The van der Waals surface area contributed by atoms with Crippen molar-refractivity contribution < 1.29 is 0 Å². The third-order valence-electron chi connectivity index (χ3n) is 13.7. The summed E-state index contributed by atoms with van der Waals surface area (Å²) in [6, 6.07) is 55.0. The molecular formula is C60H63IN2. The number of benzene rings is 7. The predicted octanol–water partition coefficient (Wildman–Crippen LogP) is 17.4. The molecule has 0 saturated heterocycles. The van der Waals surface area contributed by atoms with Crippen LogP contribution in [0.5, 0.6) is 0 Å². The molecule has 1 atom stereocenters. The maximum atomic E-state index is 2.54. The summed E-state index contributed by atoms with van der Waals surface area (Å²) in [5.41, 5.74) is 17.3. The van der Waals surface area contributed by atoms with Crippen LogP contribution in [0.15, 0.2) is 140 Å². The van der Waals surface area contributed by atoms with Gasteiger partial charge in [0.15, 0.2) is 0 Å². The van der Waals surface area contributed by atoms with Crippen molar-refractivity contribution in [2.24, 2.45) is 0 Å². The second-order valence-electron chi connectivity index (χ2n) is 22.3. The molecule has 0 N–H and O–H groups in total. The summed E-state index contributed by atoms with van der Waals surface area (Å²) in [5, 5.41) is 5.30. The van der Waals surface area contributed by atoms with E-state index >= 15 is 0 Å². The molecular weight excluding hydrogens is 876 g/mol. The van der Waals surface area contributed by atoms with E-state index in [-0.39, 0.29) is 21.7 Å². The Labute approximate surface area is 382 Å². The van der Waals surface area contributed by atoms with Crippen LogP contribution in [0.4, 0.5) is 0 Å². The standard InChI is InChI=1S/C60H63IN2/c1-37-45-25-23-43(62-53-27-19-38(57(2,3)4)31-48(53)49-32-39(58(5,6)7)20-28-54(49)62)35-46(45)47-36-44(24-26-52(47)61(37)42-17-15-14-16-18-42)63-55-29-21-40(59(8,9)10)33-50(55)51-34-41(60(11,12)13)22-30-56(51)63/h14-37H,1-13H3. The minimum atomic E-state index is -1.93. The average Bonchev–Trinajstić information content (AvgIpc) is 3.74. The van der Waals surface area contributed by atoms with Crippen LogP contribution in [0.2, 0.25) is 0 Å². The number of fused-ring (bicyclic) bond motifs is 9. The van der Waals surface area contributed by atoms with E-state index in [0.717, 1.165) is 0 Å². The van der Waals surface area contributed by atoms with E-state index in [4.69, 9.17) is 0 Å². The Bertz CT molecular complexity index is 3130. The maximum absolute atomic E-state index is 2.54. The molecule has 63 heavy (non-hydrogen) atoms. The molecule has 2 nitrogen and oxygen atoms in total. The molecule has 10 rings (SSSR count). The van der Waals surface area contributed by atoms with Gasteiger partial charge in [0.05, 0.1) is 0 Å². The normalized spacial score (nSPS) is 15.4. The van der Waals surface area contributed by atoms with Gasteiger partial charge in [-0.3, -0.25) is 0 Å². The SMILES string of the molecule is CC1c2ccc(-n3c4ccc(C(C)(C)C)cc4c4cc(C(C)(C)C)ccc43)cc2-c2cc(-n3c4ccc(C(C)(C)C)cc4c4cc(C(C)(C)C)ccc43)ccc2I1c1ccccc1. The molecule has 3 heteroatoms. The Hall–Kier alpha value is -5.13. The van der Waals surface area contributed by atoms with Gasteiger partial charge in [0.1, 0.15) is 0 Å². The van der Waals surface area contributed by atoms with Gasteiger partial charge in [-0.2, -0.15) is 0 Å². The van der Waals surface area contributed by atoms with Crippen LogP contribution in [0.25, 0.3) is 66.1 Å². The molecule has 320 valence electrons. The Morgan fingerprint density at radius 2 is 0.746 bits per heavy atom. The van der Waals surface area contributed by atoms with Gasteiger partial charge in [-0.05, 0) is 0 Å². The molecule has 0 aliphatic carbocycles. The molecule has 0 saturated carbocycles. The second-order valence-corrected chi connectivity index (χ2v) is 28.3. The molecule has 1 unspecified atom stereocenters. The quantitative estimate of drug-likeness (QED) is 0.123. The molecule has 3 heterocycles. The van der Waals surface area contributed by atoms with Crippen molar-refractivity contribution in [2.45, 2.75) is 116 Å². The van der Waals surface area contributed by atoms with Crippen molar-refractivity contribution in [3.8, 4) is 22.5 Å². The molecule has 7 aromatic carbocycles. The first-order chi connectivity index (χ1) is 29.7. The monoisotopic (exact) mass is 938 g/mol. The van der Waals surface area contributed by atoms with Crippen LogP contribution < -0.4 is 0 Å². The third kappa shape index (κ3) is 6.96. The van der Waals surface area contributed by atoms with E-state index < -0.39 is 19.8 Å². The fourth-order valence-corrected chi connectivity index (χ4v) is 16.7. The van der Waals surface area contributed by atoms with E-state index in [2.05, 4.69) is 239 Å². The summed E-state index contributed by atoms with van der Waals surface area (Å²) in [6.07, 6.45) is 0. The Kier molecular flexibility index (Phi) is 9.59. The zero-order valence-electron chi connectivity index (χ0n) is 39.6. The Morgan fingerprint density at radius 1 is 0.381 bits per heavy atom. The van der Waals surface area contributed by atoms with Gasteiger partial charge in [-0.1, -0.05) is 0 Å². The Balaban J connectivity index is 1.24. The van der Waals surface area contributed by atoms with E-state index in [9.17, 15) is 0 Å². The molecule has 0 radical (unpaired) electrons. The number of nitrogens with zero attached hydrogens (tertiary/aromatic N) is 2. The number of hydrogen-bond acceptors (Lipinski definition) is 0. The summed E-state index contributed by atoms with van der Waals surface area (Å²) in [5.74, 6) is 0. The zero-order chi connectivity index (χ0) is 44.5. The fourth-order valence-electron chi connectivity index (χ4n) is 9.92. The van der Waals surface area contributed by atoms with Crippen molar-refractivity contribution >= 4 is 63.4 Å². The molecule has 0 spiro atoms. The van der Waals surface area contributed by atoms with Gasteiger partial charge in [0.2, 0.25) is 0 Å². The van der Waals surface area contributed by atoms with Crippen LogP contribution in [-0.2, 0) is 21.7 Å². The fraction of sp³-hybridized carbons (Fsp3) is 0.300. The number of aromatic nitrogens is 2.